The van der Waals surface area contributed by atoms with E-state index in [1.807, 2.05) is 24.3 Å². The standard InChI is InChI=1S/C18H22N2O3S/c1-18(2,3)13-9-11-14(12-10-13)19-17(21)15-7-5-6-8-16(15)20-24(4,22)23/h5-12,20H,1-4H3,(H,19,21). The number of para-hydroxylation sites is 1. The Morgan fingerprint density at radius 3 is 2.08 bits per heavy atom. The molecule has 5 nitrogen and oxygen atoms in total. The van der Waals surface area contributed by atoms with Gasteiger partial charge in [-0.25, -0.2) is 8.42 Å². The highest BCUT2D eigenvalue weighted by molar-refractivity contribution is 7.92. The highest BCUT2D eigenvalue weighted by Gasteiger charge is 2.15. The van der Waals surface area contributed by atoms with Crippen LogP contribution in [0, 0.1) is 0 Å². The molecule has 2 rings (SSSR count). The van der Waals surface area contributed by atoms with Gasteiger partial charge in [0.05, 0.1) is 17.5 Å². The van der Waals surface area contributed by atoms with Crippen molar-refractivity contribution in [2.75, 3.05) is 16.3 Å². The van der Waals surface area contributed by atoms with Gasteiger partial charge in [-0.15, -0.1) is 0 Å². The zero-order chi connectivity index (χ0) is 18.0. The number of hydrogen-bond acceptors (Lipinski definition) is 3. The first-order valence-corrected chi connectivity index (χ1v) is 9.44. The van der Waals surface area contributed by atoms with Crippen molar-refractivity contribution in [1.82, 2.24) is 0 Å². The molecule has 0 saturated heterocycles. The highest BCUT2D eigenvalue weighted by atomic mass is 32.2. The number of carbonyl (C=O) groups excluding carboxylic acids is 1. The van der Waals surface area contributed by atoms with Crippen molar-refractivity contribution in [3.05, 3.63) is 59.7 Å². The molecule has 0 radical (unpaired) electrons. The van der Waals surface area contributed by atoms with E-state index in [2.05, 4.69) is 30.8 Å². The number of carbonyl (C=O) groups is 1. The smallest absolute Gasteiger partial charge is 0.257 e. The van der Waals surface area contributed by atoms with Gasteiger partial charge in [0.2, 0.25) is 10.0 Å². The summed E-state index contributed by atoms with van der Waals surface area (Å²) in [6.07, 6.45) is 1.05. The van der Waals surface area contributed by atoms with Crippen LogP contribution in [0.3, 0.4) is 0 Å². The summed E-state index contributed by atoms with van der Waals surface area (Å²) in [5, 5.41) is 2.79. The Bertz CT molecular complexity index is 835. The fourth-order valence-electron chi connectivity index (χ4n) is 2.22. The third kappa shape index (κ3) is 4.83. The lowest BCUT2D eigenvalue weighted by Gasteiger charge is -2.19. The number of sulfonamides is 1. The zero-order valence-electron chi connectivity index (χ0n) is 14.3. The van der Waals surface area contributed by atoms with Gasteiger partial charge in [0, 0.05) is 5.69 Å². The molecule has 0 spiro atoms. The normalized spacial score (nSPS) is 11.8. The molecule has 0 atom stereocenters. The Morgan fingerprint density at radius 2 is 1.54 bits per heavy atom. The second-order valence-corrected chi connectivity index (χ2v) is 8.45. The molecule has 24 heavy (non-hydrogen) atoms. The summed E-state index contributed by atoms with van der Waals surface area (Å²) in [7, 11) is -3.46. The molecule has 128 valence electrons. The van der Waals surface area contributed by atoms with E-state index in [1.54, 1.807) is 24.3 Å². The Kier molecular flexibility index (Phi) is 4.99. The van der Waals surface area contributed by atoms with E-state index in [9.17, 15) is 13.2 Å². The second-order valence-electron chi connectivity index (χ2n) is 6.70. The fourth-order valence-corrected chi connectivity index (χ4v) is 2.80. The number of anilines is 2. The van der Waals surface area contributed by atoms with Crippen LogP contribution in [0.25, 0.3) is 0 Å². The molecular weight excluding hydrogens is 324 g/mol. The van der Waals surface area contributed by atoms with Crippen molar-refractivity contribution in [2.45, 2.75) is 26.2 Å². The van der Waals surface area contributed by atoms with Crippen LogP contribution >= 0.6 is 0 Å². The van der Waals surface area contributed by atoms with E-state index in [1.165, 1.54) is 5.56 Å². The van der Waals surface area contributed by atoms with Gasteiger partial charge < -0.3 is 5.32 Å². The van der Waals surface area contributed by atoms with Gasteiger partial charge in [0.1, 0.15) is 0 Å². The lowest BCUT2D eigenvalue weighted by Crippen LogP contribution is -2.17. The monoisotopic (exact) mass is 346 g/mol. The highest BCUT2D eigenvalue weighted by Crippen LogP contribution is 2.24. The molecule has 0 fully saturated rings. The summed E-state index contributed by atoms with van der Waals surface area (Å²) in [6.45, 7) is 6.36. The van der Waals surface area contributed by atoms with E-state index in [-0.39, 0.29) is 22.6 Å². The third-order valence-corrected chi connectivity index (χ3v) is 4.07. The quantitative estimate of drug-likeness (QED) is 0.888. The minimum atomic E-state index is -3.46. The predicted octanol–water partition coefficient (Wildman–Crippen LogP) is 3.61. The maximum Gasteiger partial charge on any atom is 0.257 e. The van der Waals surface area contributed by atoms with Crippen molar-refractivity contribution in [1.29, 1.82) is 0 Å². The third-order valence-electron chi connectivity index (χ3n) is 3.48. The minimum Gasteiger partial charge on any atom is -0.322 e. The Morgan fingerprint density at radius 1 is 0.958 bits per heavy atom. The van der Waals surface area contributed by atoms with Crippen LogP contribution < -0.4 is 10.0 Å². The maximum atomic E-state index is 12.5. The SMILES string of the molecule is CC(C)(C)c1ccc(NC(=O)c2ccccc2NS(C)(=O)=O)cc1. The predicted molar refractivity (Wildman–Crippen MR) is 98.0 cm³/mol. The number of nitrogens with one attached hydrogen (secondary N) is 2. The molecule has 2 N–H and O–H groups in total. The van der Waals surface area contributed by atoms with Gasteiger partial charge in [-0.1, -0.05) is 45.0 Å². The maximum absolute atomic E-state index is 12.5. The summed E-state index contributed by atoms with van der Waals surface area (Å²) in [4.78, 5) is 12.5. The lowest BCUT2D eigenvalue weighted by atomic mass is 9.87. The van der Waals surface area contributed by atoms with Gasteiger partial charge in [0.15, 0.2) is 0 Å². The molecule has 0 saturated carbocycles. The Hall–Kier alpha value is -2.34. The van der Waals surface area contributed by atoms with E-state index < -0.39 is 10.0 Å². The van der Waals surface area contributed by atoms with Crippen molar-refractivity contribution in [3.63, 3.8) is 0 Å². The molecule has 2 aromatic rings. The summed E-state index contributed by atoms with van der Waals surface area (Å²) in [5.41, 5.74) is 2.38. The molecule has 2 aromatic carbocycles. The van der Waals surface area contributed by atoms with Crippen molar-refractivity contribution >= 4 is 27.3 Å². The van der Waals surface area contributed by atoms with Crippen molar-refractivity contribution in [2.24, 2.45) is 0 Å². The molecule has 0 aromatic heterocycles. The van der Waals surface area contributed by atoms with Crippen LogP contribution in [-0.4, -0.2) is 20.6 Å². The van der Waals surface area contributed by atoms with Gasteiger partial charge in [-0.05, 0) is 35.2 Å². The topological polar surface area (TPSA) is 75.3 Å². The molecule has 0 aliphatic carbocycles. The first-order valence-electron chi connectivity index (χ1n) is 7.55. The van der Waals surface area contributed by atoms with Crippen LogP contribution in [-0.2, 0) is 15.4 Å². The summed E-state index contributed by atoms with van der Waals surface area (Å²) >= 11 is 0. The molecular formula is C18H22N2O3S. The summed E-state index contributed by atoms with van der Waals surface area (Å²) in [6, 6.07) is 14.1. The van der Waals surface area contributed by atoms with Crippen LogP contribution in [0.4, 0.5) is 11.4 Å². The number of amides is 1. The molecule has 0 aliphatic heterocycles. The lowest BCUT2D eigenvalue weighted by molar-refractivity contribution is 0.102. The van der Waals surface area contributed by atoms with Gasteiger partial charge in [0.25, 0.3) is 5.91 Å². The van der Waals surface area contributed by atoms with Gasteiger partial charge in [-0.2, -0.15) is 0 Å². The molecule has 6 heteroatoms. The molecule has 0 aliphatic rings. The minimum absolute atomic E-state index is 0.0363. The second kappa shape index (κ2) is 6.65. The van der Waals surface area contributed by atoms with E-state index in [0.29, 0.717) is 5.69 Å². The average molecular weight is 346 g/mol. The molecule has 0 heterocycles. The number of rotatable bonds is 4. The Labute approximate surface area is 143 Å². The average Bonchev–Trinajstić information content (AvgIpc) is 2.45. The number of hydrogen-bond donors (Lipinski definition) is 2. The van der Waals surface area contributed by atoms with Crippen molar-refractivity contribution < 1.29 is 13.2 Å². The fraction of sp³-hybridized carbons (Fsp3) is 0.278. The first kappa shape index (κ1) is 18.0. The van der Waals surface area contributed by atoms with Crippen LogP contribution in [0.15, 0.2) is 48.5 Å². The van der Waals surface area contributed by atoms with Gasteiger partial charge >= 0.3 is 0 Å². The zero-order valence-corrected chi connectivity index (χ0v) is 15.1. The molecule has 0 unspecified atom stereocenters. The van der Waals surface area contributed by atoms with E-state index in [4.69, 9.17) is 0 Å². The Balaban J connectivity index is 2.22. The van der Waals surface area contributed by atoms with Crippen LogP contribution in [0.2, 0.25) is 0 Å². The first-order chi connectivity index (χ1) is 11.1. The summed E-state index contributed by atoms with van der Waals surface area (Å²) in [5.74, 6) is -0.370. The van der Waals surface area contributed by atoms with E-state index >= 15 is 0 Å². The summed E-state index contributed by atoms with van der Waals surface area (Å²) < 4.78 is 25.2. The van der Waals surface area contributed by atoms with Crippen LogP contribution in [0.1, 0.15) is 36.7 Å². The van der Waals surface area contributed by atoms with Gasteiger partial charge in [-0.3, -0.25) is 9.52 Å². The number of benzene rings is 2. The largest absolute Gasteiger partial charge is 0.322 e. The van der Waals surface area contributed by atoms with E-state index in [0.717, 1.165) is 6.26 Å². The van der Waals surface area contributed by atoms with Crippen molar-refractivity contribution in [3.8, 4) is 0 Å². The molecule has 1 amide bonds. The van der Waals surface area contributed by atoms with Crippen LogP contribution in [0.5, 0.6) is 0 Å². The molecule has 0 bridgehead atoms.